The maximum Gasteiger partial charge on any atom is 0.160 e. The Bertz CT molecular complexity index is 2000. The number of benzene rings is 5. The minimum absolute atomic E-state index is 0.0186. The fourth-order valence-electron chi connectivity index (χ4n) is 5.89. The normalized spacial score (nSPS) is 9.70. The van der Waals surface area contributed by atoms with Gasteiger partial charge in [-0.1, -0.05) is 125 Å². The van der Waals surface area contributed by atoms with Crippen molar-refractivity contribution in [1.82, 2.24) is 0 Å². The molecule has 9 nitrogen and oxygen atoms in total. The Balaban J connectivity index is 0.000000399. The second-order valence-electron chi connectivity index (χ2n) is 14.7. The molecule has 0 aliphatic rings. The topological polar surface area (TPSA) is 114 Å². The van der Waals surface area contributed by atoms with Gasteiger partial charge in [0.2, 0.25) is 0 Å². The highest BCUT2D eigenvalue weighted by Gasteiger charge is 2.03. The summed E-state index contributed by atoms with van der Waals surface area (Å²) in [5.41, 5.74) is 5.31. The molecule has 0 atom stereocenters. The van der Waals surface area contributed by atoms with Crippen LogP contribution in [0, 0.1) is 6.92 Å². The SMILES string of the molecule is CC(=O)c1ccc(C(C)=O)cc1.CCCCCCCCCCC(C)=O.COc1ccc(-c2ccc(C(C)=O)cc2)cc1.COc1ccc(OC)c(C)c1.COc1ccccc1OC. The van der Waals surface area contributed by atoms with Crippen molar-refractivity contribution >= 4 is 23.1 Å². The number of methoxy groups -OCH3 is 5. The molecular formula is C54H70O9. The Morgan fingerprint density at radius 2 is 0.778 bits per heavy atom. The molecule has 0 fully saturated rings. The van der Waals surface area contributed by atoms with Crippen molar-refractivity contribution in [2.24, 2.45) is 0 Å². The third-order valence-corrected chi connectivity index (χ3v) is 9.69. The lowest BCUT2D eigenvalue weighted by Crippen LogP contribution is -1.95. The van der Waals surface area contributed by atoms with Crippen LogP contribution in [0.2, 0.25) is 0 Å². The number of para-hydroxylation sites is 2. The predicted molar refractivity (Wildman–Crippen MR) is 257 cm³/mol. The van der Waals surface area contributed by atoms with E-state index in [9.17, 15) is 19.2 Å². The lowest BCUT2D eigenvalue weighted by atomic mass is 10.0. The number of aryl methyl sites for hydroxylation is 1. The average molecular weight is 863 g/mol. The van der Waals surface area contributed by atoms with Crippen molar-refractivity contribution in [3.63, 3.8) is 0 Å². The van der Waals surface area contributed by atoms with E-state index in [1.807, 2.05) is 97.9 Å². The second-order valence-corrected chi connectivity index (χ2v) is 14.7. The summed E-state index contributed by atoms with van der Waals surface area (Å²) in [5, 5.41) is 0. The summed E-state index contributed by atoms with van der Waals surface area (Å²) < 4.78 is 25.3. The summed E-state index contributed by atoms with van der Waals surface area (Å²) in [6.07, 6.45) is 11.3. The zero-order valence-corrected chi connectivity index (χ0v) is 39.5. The smallest absolute Gasteiger partial charge is 0.160 e. The highest BCUT2D eigenvalue weighted by atomic mass is 16.5. The number of ketones is 4. The molecule has 5 aromatic rings. The van der Waals surface area contributed by atoms with Crippen LogP contribution in [0.4, 0.5) is 0 Å². The average Bonchev–Trinajstić information content (AvgIpc) is 3.30. The van der Waals surface area contributed by atoms with Gasteiger partial charge in [-0.15, -0.1) is 0 Å². The van der Waals surface area contributed by atoms with E-state index in [4.69, 9.17) is 23.7 Å². The molecule has 5 rings (SSSR count). The first-order valence-corrected chi connectivity index (χ1v) is 21.5. The lowest BCUT2D eigenvalue weighted by Gasteiger charge is -2.05. The third-order valence-electron chi connectivity index (χ3n) is 9.69. The molecule has 0 saturated carbocycles. The molecule has 9 heteroatoms. The largest absolute Gasteiger partial charge is 0.497 e. The van der Waals surface area contributed by atoms with Crippen molar-refractivity contribution in [2.45, 2.75) is 99.3 Å². The Morgan fingerprint density at radius 1 is 0.413 bits per heavy atom. The van der Waals surface area contributed by atoms with E-state index >= 15 is 0 Å². The Labute approximate surface area is 377 Å². The molecule has 0 bridgehead atoms. The predicted octanol–water partition coefficient (Wildman–Crippen LogP) is 13.5. The van der Waals surface area contributed by atoms with Crippen LogP contribution in [0.1, 0.15) is 129 Å². The first kappa shape index (κ1) is 54.8. The Kier molecular flexibility index (Phi) is 28.3. The van der Waals surface area contributed by atoms with Crippen LogP contribution in [-0.4, -0.2) is 58.7 Å². The van der Waals surface area contributed by atoms with Gasteiger partial charge in [-0.05, 0) is 100 Å². The van der Waals surface area contributed by atoms with Crippen LogP contribution >= 0.6 is 0 Å². The fraction of sp³-hybridized carbons (Fsp3) is 0.370. The highest BCUT2D eigenvalue weighted by Crippen LogP contribution is 2.25. The number of Topliss-reactive ketones (excluding diaryl/α,β-unsaturated/α-hetero) is 4. The molecule has 0 saturated heterocycles. The van der Waals surface area contributed by atoms with E-state index in [1.165, 1.54) is 58.8 Å². The van der Waals surface area contributed by atoms with Gasteiger partial charge < -0.3 is 28.5 Å². The molecule has 0 aliphatic heterocycles. The molecule has 0 unspecified atom stereocenters. The van der Waals surface area contributed by atoms with E-state index in [1.54, 1.807) is 73.7 Å². The summed E-state index contributed by atoms with van der Waals surface area (Å²) in [5.74, 6) is 4.60. The quantitative estimate of drug-likeness (QED) is 0.0627. The molecular weight excluding hydrogens is 793 g/mol. The number of carbonyl (C=O) groups excluding carboxylic acids is 4. The minimum atomic E-state index is 0.0186. The number of hydrogen-bond acceptors (Lipinski definition) is 9. The van der Waals surface area contributed by atoms with Crippen LogP contribution in [-0.2, 0) is 4.79 Å². The standard InChI is InChI=1S/C15H14O2.C12H24O.C10H10O2.C9H12O2.C8H10O2/c1-11(16)12-3-5-13(6-4-12)14-7-9-15(17-2)10-8-14;1-3-4-5-6-7-8-9-10-11-12(2)13;1-7(11)9-3-5-10(6-4-9)8(2)12;1-7-6-8(10-2)4-5-9(7)11-3;1-9-7-5-3-4-6-8(7)10-2/h3-10H,1-2H3;3-11H2,1-2H3;3-6H,1-2H3;4-6H,1-3H3;3-6H,1-2H3. The van der Waals surface area contributed by atoms with Crippen molar-refractivity contribution < 1.29 is 42.9 Å². The van der Waals surface area contributed by atoms with E-state index in [-0.39, 0.29) is 17.3 Å². The van der Waals surface area contributed by atoms with Gasteiger partial charge in [-0.3, -0.25) is 14.4 Å². The fourth-order valence-corrected chi connectivity index (χ4v) is 5.89. The van der Waals surface area contributed by atoms with Gasteiger partial charge in [0.15, 0.2) is 28.8 Å². The van der Waals surface area contributed by atoms with E-state index < -0.39 is 0 Å². The van der Waals surface area contributed by atoms with Gasteiger partial charge in [0.25, 0.3) is 0 Å². The number of unbranched alkanes of at least 4 members (excludes halogenated alkanes) is 7. The van der Waals surface area contributed by atoms with Gasteiger partial charge in [0.1, 0.15) is 23.0 Å². The van der Waals surface area contributed by atoms with Crippen molar-refractivity contribution in [1.29, 1.82) is 0 Å². The van der Waals surface area contributed by atoms with Crippen LogP contribution < -0.4 is 23.7 Å². The zero-order chi connectivity index (χ0) is 47.0. The summed E-state index contributed by atoms with van der Waals surface area (Å²) >= 11 is 0. The summed E-state index contributed by atoms with van der Waals surface area (Å²) in [6, 6.07) is 35.4. The molecule has 0 amide bonds. The van der Waals surface area contributed by atoms with Gasteiger partial charge in [0, 0.05) is 23.1 Å². The third kappa shape index (κ3) is 23.0. The van der Waals surface area contributed by atoms with Crippen LogP contribution in [0.3, 0.4) is 0 Å². The van der Waals surface area contributed by atoms with Gasteiger partial charge in [-0.25, -0.2) is 0 Å². The lowest BCUT2D eigenvalue weighted by molar-refractivity contribution is -0.117. The minimum Gasteiger partial charge on any atom is -0.497 e. The number of rotatable bonds is 18. The van der Waals surface area contributed by atoms with Crippen molar-refractivity contribution in [2.75, 3.05) is 35.5 Å². The van der Waals surface area contributed by atoms with E-state index in [2.05, 4.69) is 6.92 Å². The molecule has 0 heterocycles. The van der Waals surface area contributed by atoms with Gasteiger partial charge in [0.05, 0.1) is 35.5 Å². The molecule has 0 aliphatic carbocycles. The Morgan fingerprint density at radius 3 is 1.13 bits per heavy atom. The van der Waals surface area contributed by atoms with Crippen LogP contribution in [0.5, 0.6) is 28.7 Å². The zero-order valence-electron chi connectivity index (χ0n) is 39.5. The second kappa shape index (κ2) is 32.5. The summed E-state index contributed by atoms with van der Waals surface area (Å²) in [6.45, 7) is 10.5. The molecule has 0 N–H and O–H groups in total. The maximum absolute atomic E-state index is 11.2. The maximum atomic E-state index is 11.2. The molecule has 5 aromatic carbocycles. The summed E-state index contributed by atoms with van der Waals surface area (Å²) in [4.78, 5) is 43.5. The molecule has 340 valence electrons. The molecule has 0 radical (unpaired) electrons. The number of ether oxygens (including phenoxy) is 5. The number of hydrogen-bond donors (Lipinski definition) is 0. The van der Waals surface area contributed by atoms with E-state index in [0.717, 1.165) is 63.8 Å². The van der Waals surface area contributed by atoms with Gasteiger partial charge >= 0.3 is 0 Å². The first-order valence-electron chi connectivity index (χ1n) is 21.5. The monoisotopic (exact) mass is 863 g/mol. The van der Waals surface area contributed by atoms with Crippen LogP contribution in [0.25, 0.3) is 11.1 Å². The Hall–Kier alpha value is -6.22. The molecule has 0 aromatic heterocycles. The van der Waals surface area contributed by atoms with Gasteiger partial charge in [-0.2, -0.15) is 0 Å². The first-order chi connectivity index (χ1) is 30.2. The molecule has 0 spiro atoms. The van der Waals surface area contributed by atoms with Crippen molar-refractivity contribution in [3.05, 3.63) is 138 Å². The number of carbonyl (C=O) groups is 4. The highest BCUT2D eigenvalue weighted by molar-refractivity contribution is 5.97. The summed E-state index contributed by atoms with van der Waals surface area (Å²) in [7, 11) is 8.21. The van der Waals surface area contributed by atoms with Crippen LogP contribution in [0.15, 0.2) is 115 Å². The molecule has 63 heavy (non-hydrogen) atoms. The van der Waals surface area contributed by atoms with E-state index in [0.29, 0.717) is 16.9 Å². The van der Waals surface area contributed by atoms with Crippen molar-refractivity contribution in [3.8, 4) is 39.9 Å².